The Labute approximate surface area is 104 Å². The van der Waals surface area contributed by atoms with Crippen molar-refractivity contribution in [3.05, 3.63) is 42.1 Å². The minimum atomic E-state index is 0.509. The highest BCUT2D eigenvalue weighted by Crippen LogP contribution is 2.28. The Morgan fingerprint density at radius 3 is 2.41 bits per heavy atom. The predicted octanol–water partition coefficient (Wildman–Crippen LogP) is 3.68. The number of nitrogens with zero attached hydrogens (tertiary/aromatic N) is 2. The van der Waals surface area contributed by atoms with Gasteiger partial charge < -0.3 is 0 Å². The molecule has 0 aliphatic carbocycles. The third-order valence-corrected chi connectivity index (χ3v) is 3.11. The second-order valence-corrected chi connectivity index (χ2v) is 4.42. The fourth-order valence-corrected chi connectivity index (χ4v) is 2.20. The zero-order chi connectivity index (χ0) is 11.9. The molecule has 1 aliphatic heterocycles. The van der Waals surface area contributed by atoms with E-state index < -0.39 is 0 Å². The minimum absolute atomic E-state index is 0.509. The van der Waals surface area contributed by atoms with Gasteiger partial charge in [0.15, 0.2) is 12.4 Å². The topological polar surface area (TPSA) is 24.7 Å². The molecule has 0 bridgehead atoms. The van der Waals surface area contributed by atoms with E-state index in [0.29, 0.717) is 5.92 Å². The molecule has 0 amide bonds. The van der Waals surface area contributed by atoms with Gasteiger partial charge in [-0.3, -0.25) is 0 Å². The molecular formula is C15H19N2+. The van der Waals surface area contributed by atoms with Crippen LogP contribution in [-0.4, -0.2) is 12.4 Å². The normalized spacial score (nSPS) is 15.5. The Kier molecular flexibility index (Phi) is 4.37. The maximum absolute atomic E-state index is 4.34. The lowest BCUT2D eigenvalue weighted by Gasteiger charge is -2.13. The molecule has 1 unspecified atom stereocenters. The first-order valence-corrected chi connectivity index (χ1v) is 6.37. The van der Waals surface area contributed by atoms with Crippen molar-refractivity contribution in [3.8, 4) is 0 Å². The van der Waals surface area contributed by atoms with Crippen molar-refractivity contribution in [1.29, 1.82) is 0 Å². The van der Waals surface area contributed by atoms with Gasteiger partial charge in [0.1, 0.15) is 0 Å². The molecule has 2 rings (SSSR count). The quantitative estimate of drug-likeness (QED) is 0.662. The van der Waals surface area contributed by atoms with Crippen molar-refractivity contribution in [2.45, 2.75) is 32.6 Å². The van der Waals surface area contributed by atoms with Crippen LogP contribution in [0.5, 0.6) is 0 Å². The van der Waals surface area contributed by atoms with Crippen molar-refractivity contribution >= 4 is 12.4 Å². The standard InChI is InChI=1S/C15H19N2/c1-2-6-14(15-16-11-12-17-15)10-9-13-7-4-3-5-8-13/h3-5,7-8,11-12,14H,2,6,9-10H2,1H3/q+1. The van der Waals surface area contributed by atoms with Crippen LogP contribution < -0.4 is 0 Å². The van der Waals surface area contributed by atoms with Gasteiger partial charge in [-0.2, -0.15) is 0 Å². The van der Waals surface area contributed by atoms with Crippen molar-refractivity contribution in [1.82, 2.24) is 0 Å². The van der Waals surface area contributed by atoms with Gasteiger partial charge in [0.05, 0.1) is 5.92 Å². The van der Waals surface area contributed by atoms with Crippen LogP contribution in [0.2, 0.25) is 0 Å². The Morgan fingerprint density at radius 2 is 1.76 bits per heavy atom. The lowest BCUT2D eigenvalue weighted by molar-refractivity contribution is 0.454. The number of aryl methyl sites for hydroxylation is 1. The van der Waals surface area contributed by atoms with Gasteiger partial charge in [-0.05, 0) is 24.8 Å². The number of aliphatic imine (C=N–C) groups is 2. The Hall–Kier alpha value is -1.57. The van der Waals surface area contributed by atoms with E-state index in [1.165, 1.54) is 18.4 Å². The molecule has 0 fully saturated rings. The molecule has 0 spiro atoms. The van der Waals surface area contributed by atoms with Gasteiger partial charge in [-0.1, -0.05) is 53.7 Å². The molecule has 1 atom stereocenters. The second kappa shape index (κ2) is 6.24. The summed E-state index contributed by atoms with van der Waals surface area (Å²) in [6.45, 7) is 2.22. The molecule has 0 N–H and O–H groups in total. The van der Waals surface area contributed by atoms with E-state index in [9.17, 15) is 0 Å². The van der Waals surface area contributed by atoms with E-state index in [1.807, 2.05) is 0 Å². The molecule has 1 aromatic carbocycles. The lowest BCUT2D eigenvalue weighted by Crippen LogP contribution is -2.09. The lowest BCUT2D eigenvalue weighted by atomic mass is 9.93. The van der Waals surface area contributed by atoms with E-state index in [0.717, 1.165) is 19.0 Å². The monoisotopic (exact) mass is 227 g/mol. The predicted molar refractivity (Wildman–Crippen MR) is 73.4 cm³/mol. The van der Waals surface area contributed by atoms with Gasteiger partial charge >= 0.3 is 0 Å². The van der Waals surface area contributed by atoms with Crippen LogP contribution in [0, 0.1) is 12.1 Å². The highest BCUT2D eigenvalue weighted by Gasteiger charge is 2.27. The van der Waals surface area contributed by atoms with Crippen LogP contribution in [0.15, 0.2) is 40.3 Å². The zero-order valence-electron chi connectivity index (χ0n) is 10.3. The third-order valence-electron chi connectivity index (χ3n) is 3.11. The molecular weight excluding hydrogens is 208 g/mol. The van der Waals surface area contributed by atoms with Gasteiger partial charge in [0.25, 0.3) is 0 Å². The second-order valence-electron chi connectivity index (χ2n) is 4.42. The molecule has 2 heteroatoms. The van der Waals surface area contributed by atoms with Gasteiger partial charge in [-0.25, -0.2) is 0 Å². The number of hydrogen-bond donors (Lipinski definition) is 0. The van der Waals surface area contributed by atoms with Crippen LogP contribution in [0.3, 0.4) is 0 Å². The van der Waals surface area contributed by atoms with Crippen molar-refractivity contribution in [2.75, 3.05) is 0 Å². The SMILES string of the molecule is CCCC(CCc1ccccc1)[C+]1N=CC=N1. The smallest absolute Gasteiger partial charge is 0.0965 e. The first-order chi connectivity index (χ1) is 8.40. The maximum Gasteiger partial charge on any atom is 0.243 e. The van der Waals surface area contributed by atoms with Gasteiger partial charge in [-0.15, -0.1) is 0 Å². The third kappa shape index (κ3) is 3.45. The maximum atomic E-state index is 4.34. The molecule has 0 saturated carbocycles. The molecule has 0 radical (unpaired) electrons. The summed E-state index contributed by atoms with van der Waals surface area (Å²) in [6, 6.07) is 10.6. The van der Waals surface area contributed by atoms with Crippen LogP contribution in [0.25, 0.3) is 0 Å². The molecule has 1 aromatic rings. The fourth-order valence-electron chi connectivity index (χ4n) is 2.20. The summed E-state index contributed by atoms with van der Waals surface area (Å²) in [6.07, 6.45) is 9.22. The summed E-state index contributed by atoms with van der Waals surface area (Å²) in [7, 11) is 0. The summed E-state index contributed by atoms with van der Waals surface area (Å²) in [5.74, 6) is 0.509. The number of benzene rings is 1. The van der Waals surface area contributed by atoms with Crippen molar-refractivity contribution in [2.24, 2.45) is 15.9 Å². The largest absolute Gasteiger partial charge is 0.243 e. The van der Waals surface area contributed by atoms with Crippen LogP contribution in [-0.2, 0) is 6.42 Å². The van der Waals surface area contributed by atoms with Crippen LogP contribution in [0.4, 0.5) is 0 Å². The van der Waals surface area contributed by atoms with Crippen molar-refractivity contribution < 1.29 is 0 Å². The molecule has 88 valence electrons. The Balaban J connectivity index is 1.89. The minimum Gasteiger partial charge on any atom is -0.0965 e. The first kappa shape index (κ1) is 11.9. The van der Waals surface area contributed by atoms with Gasteiger partial charge in [0.2, 0.25) is 6.17 Å². The summed E-state index contributed by atoms with van der Waals surface area (Å²) >= 11 is 0. The summed E-state index contributed by atoms with van der Waals surface area (Å²) in [5, 5.41) is 0. The highest BCUT2D eigenvalue weighted by molar-refractivity contribution is 6.18. The summed E-state index contributed by atoms with van der Waals surface area (Å²) in [5.41, 5.74) is 1.40. The molecule has 1 heterocycles. The van der Waals surface area contributed by atoms with E-state index in [-0.39, 0.29) is 0 Å². The van der Waals surface area contributed by atoms with E-state index in [4.69, 9.17) is 0 Å². The molecule has 0 aromatic heterocycles. The number of hydrogen-bond acceptors (Lipinski definition) is 2. The molecule has 1 aliphatic rings. The van der Waals surface area contributed by atoms with Crippen LogP contribution in [0.1, 0.15) is 31.7 Å². The number of rotatable bonds is 6. The van der Waals surface area contributed by atoms with E-state index in [1.54, 1.807) is 12.4 Å². The average molecular weight is 227 g/mol. The average Bonchev–Trinajstić information content (AvgIpc) is 2.89. The van der Waals surface area contributed by atoms with Gasteiger partial charge in [0, 0.05) is 0 Å². The van der Waals surface area contributed by atoms with Crippen LogP contribution >= 0.6 is 0 Å². The molecule has 0 saturated heterocycles. The Bertz CT molecular complexity index is 369. The van der Waals surface area contributed by atoms with E-state index in [2.05, 4.69) is 47.2 Å². The highest BCUT2D eigenvalue weighted by atomic mass is 15.0. The summed E-state index contributed by atoms with van der Waals surface area (Å²) < 4.78 is 0. The Morgan fingerprint density at radius 1 is 1.06 bits per heavy atom. The molecule has 17 heavy (non-hydrogen) atoms. The van der Waals surface area contributed by atoms with Crippen molar-refractivity contribution in [3.63, 3.8) is 0 Å². The zero-order valence-corrected chi connectivity index (χ0v) is 10.3. The molecule has 2 nitrogen and oxygen atoms in total. The summed E-state index contributed by atoms with van der Waals surface area (Å²) in [4.78, 5) is 8.67. The van der Waals surface area contributed by atoms with E-state index >= 15 is 0 Å². The first-order valence-electron chi connectivity index (χ1n) is 6.37. The fraction of sp³-hybridized carbons (Fsp3) is 0.400.